The number of nitrogens with one attached hydrogen (secondary N) is 2. The third kappa shape index (κ3) is 7.78. The van der Waals surface area contributed by atoms with Crippen LogP contribution in [-0.2, 0) is 20.9 Å². The maximum absolute atomic E-state index is 12.9. The molecule has 30 heavy (non-hydrogen) atoms. The third-order valence-corrected chi connectivity index (χ3v) is 5.08. The quantitative estimate of drug-likeness (QED) is 0.513. The molecule has 0 radical (unpaired) electrons. The highest BCUT2D eigenvalue weighted by atomic mass is 16.5. The summed E-state index contributed by atoms with van der Waals surface area (Å²) in [7, 11) is 0. The van der Waals surface area contributed by atoms with Gasteiger partial charge in [0.1, 0.15) is 18.4 Å². The largest absolute Gasteiger partial charge is 0.445 e. The topological polar surface area (TPSA) is 105 Å². The number of carbonyl (C=O) groups excluding carboxylic acids is 3. The lowest BCUT2D eigenvalue weighted by molar-refractivity contribution is -0.125. The third-order valence-electron chi connectivity index (χ3n) is 5.08. The van der Waals surface area contributed by atoms with E-state index in [0.29, 0.717) is 19.3 Å². The van der Waals surface area contributed by atoms with Crippen molar-refractivity contribution in [2.75, 3.05) is 0 Å². The van der Waals surface area contributed by atoms with E-state index < -0.39 is 30.2 Å². The van der Waals surface area contributed by atoms with Crippen LogP contribution in [-0.4, -0.2) is 41.1 Å². The van der Waals surface area contributed by atoms with Crippen LogP contribution >= 0.6 is 0 Å². The maximum atomic E-state index is 12.9. The van der Waals surface area contributed by atoms with E-state index >= 15 is 0 Å². The van der Waals surface area contributed by atoms with Crippen LogP contribution in [0.3, 0.4) is 0 Å². The number of ketones is 1. The molecule has 2 unspecified atom stereocenters. The van der Waals surface area contributed by atoms with Crippen molar-refractivity contribution in [3.8, 4) is 0 Å². The minimum atomic E-state index is -0.909. The molecule has 2 amide bonds. The standard InChI is InChI=1S/C23H34N2O5/c1-14(2)10-18(21(27)17-12-20(17)26)24-22(28)19(11-15(3)4)25-23(29)30-13-16-8-6-5-7-9-16/h5-9,14-15,17-19,21,27H,10-13H2,1-4H3,(H,24,28)(H,25,29)/t17?,18-,19-,21?/m0/s1. The van der Waals surface area contributed by atoms with E-state index in [0.717, 1.165) is 5.56 Å². The number of alkyl carbamates (subject to hydrolysis) is 1. The van der Waals surface area contributed by atoms with Crippen LogP contribution in [0.15, 0.2) is 30.3 Å². The number of hydrogen-bond donors (Lipinski definition) is 3. The molecular formula is C23H34N2O5. The van der Waals surface area contributed by atoms with Crippen molar-refractivity contribution < 1.29 is 24.2 Å². The predicted octanol–water partition coefficient (Wildman–Crippen LogP) is 2.81. The molecule has 7 heteroatoms. The molecule has 0 spiro atoms. The number of aliphatic hydroxyl groups is 1. The molecule has 1 aromatic carbocycles. The Kier molecular flexibility index (Phi) is 8.84. The molecule has 0 aromatic heterocycles. The Balaban J connectivity index is 1.97. The van der Waals surface area contributed by atoms with Crippen molar-refractivity contribution in [2.45, 2.75) is 71.8 Å². The summed E-state index contributed by atoms with van der Waals surface area (Å²) in [5.74, 6) is -0.369. The fourth-order valence-electron chi connectivity index (χ4n) is 3.43. The van der Waals surface area contributed by atoms with Crippen LogP contribution in [0.2, 0.25) is 0 Å². The van der Waals surface area contributed by atoms with Crippen LogP contribution < -0.4 is 10.6 Å². The van der Waals surface area contributed by atoms with Gasteiger partial charge >= 0.3 is 6.09 Å². The van der Waals surface area contributed by atoms with Gasteiger partial charge in [0.05, 0.1) is 18.1 Å². The molecule has 1 saturated carbocycles. The Morgan fingerprint density at radius 1 is 1.07 bits per heavy atom. The van der Waals surface area contributed by atoms with Crippen molar-refractivity contribution in [1.82, 2.24) is 10.6 Å². The Morgan fingerprint density at radius 3 is 2.20 bits per heavy atom. The van der Waals surface area contributed by atoms with Crippen LogP contribution in [0.25, 0.3) is 0 Å². The summed E-state index contributed by atoms with van der Waals surface area (Å²) in [4.78, 5) is 36.7. The van der Waals surface area contributed by atoms with E-state index in [1.807, 2.05) is 58.0 Å². The monoisotopic (exact) mass is 418 g/mol. The lowest BCUT2D eigenvalue weighted by Crippen LogP contribution is -2.53. The van der Waals surface area contributed by atoms with Gasteiger partial charge in [-0.1, -0.05) is 58.0 Å². The van der Waals surface area contributed by atoms with Crippen LogP contribution in [0, 0.1) is 17.8 Å². The zero-order chi connectivity index (χ0) is 22.3. The lowest BCUT2D eigenvalue weighted by Gasteiger charge is -2.28. The molecule has 4 atom stereocenters. The molecule has 3 N–H and O–H groups in total. The number of Topliss-reactive ketones (excluding diaryl/α,β-unsaturated/α-hetero) is 1. The van der Waals surface area contributed by atoms with Crippen molar-refractivity contribution in [3.05, 3.63) is 35.9 Å². The molecule has 1 aromatic rings. The highest BCUT2D eigenvalue weighted by Gasteiger charge is 2.45. The minimum absolute atomic E-state index is 0.0202. The van der Waals surface area contributed by atoms with Gasteiger partial charge in [-0.05, 0) is 30.2 Å². The number of rotatable bonds is 11. The number of amides is 2. The van der Waals surface area contributed by atoms with Gasteiger partial charge < -0.3 is 20.5 Å². The Labute approximate surface area is 178 Å². The lowest BCUT2D eigenvalue weighted by atomic mass is 9.95. The molecule has 2 rings (SSSR count). The summed E-state index contributed by atoms with van der Waals surface area (Å²) in [6.45, 7) is 8.01. The molecule has 7 nitrogen and oxygen atoms in total. The highest BCUT2D eigenvalue weighted by molar-refractivity contribution is 5.96. The van der Waals surface area contributed by atoms with Gasteiger partial charge in [0.15, 0.2) is 0 Å². The molecule has 0 saturated heterocycles. The minimum Gasteiger partial charge on any atom is -0.445 e. The second kappa shape index (κ2) is 11.1. The first-order valence-electron chi connectivity index (χ1n) is 10.7. The second-order valence-electron chi connectivity index (χ2n) is 8.90. The zero-order valence-corrected chi connectivity index (χ0v) is 18.3. The summed E-state index contributed by atoms with van der Waals surface area (Å²) >= 11 is 0. The zero-order valence-electron chi connectivity index (χ0n) is 18.3. The van der Waals surface area contributed by atoms with Gasteiger partial charge in [-0.25, -0.2) is 4.79 Å². The highest BCUT2D eigenvalue weighted by Crippen LogP contribution is 2.31. The normalized spacial score (nSPS) is 18.6. The summed E-state index contributed by atoms with van der Waals surface area (Å²) < 4.78 is 5.25. The smallest absolute Gasteiger partial charge is 0.408 e. The van der Waals surface area contributed by atoms with Gasteiger partial charge in [0.25, 0.3) is 0 Å². The van der Waals surface area contributed by atoms with Gasteiger partial charge in [-0.15, -0.1) is 0 Å². The first-order chi connectivity index (χ1) is 14.2. The first kappa shape index (κ1) is 23.9. The summed E-state index contributed by atoms with van der Waals surface area (Å²) in [5.41, 5.74) is 0.853. The second-order valence-corrected chi connectivity index (χ2v) is 8.90. The fourth-order valence-corrected chi connectivity index (χ4v) is 3.43. The fraction of sp³-hybridized carbons (Fsp3) is 0.609. The Bertz CT molecular complexity index is 720. The molecule has 1 aliphatic rings. The van der Waals surface area contributed by atoms with E-state index in [1.54, 1.807) is 0 Å². The average Bonchev–Trinajstić information content (AvgIpc) is 3.41. The maximum Gasteiger partial charge on any atom is 0.408 e. The molecule has 0 bridgehead atoms. The molecule has 1 aliphatic carbocycles. The van der Waals surface area contributed by atoms with E-state index in [2.05, 4.69) is 10.6 Å². The number of aliphatic hydroxyl groups excluding tert-OH is 1. The number of ether oxygens (including phenoxy) is 1. The summed E-state index contributed by atoms with van der Waals surface area (Å²) in [6, 6.07) is 7.97. The van der Waals surface area contributed by atoms with Gasteiger partial charge in [-0.2, -0.15) is 0 Å². The summed E-state index contributed by atoms with van der Waals surface area (Å²) in [5, 5.41) is 16.0. The van der Waals surface area contributed by atoms with Gasteiger partial charge in [0.2, 0.25) is 5.91 Å². The number of benzene rings is 1. The Morgan fingerprint density at radius 2 is 1.67 bits per heavy atom. The van der Waals surface area contributed by atoms with Crippen molar-refractivity contribution in [2.24, 2.45) is 17.8 Å². The summed E-state index contributed by atoms with van der Waals surface area (Å²) in [6.07, 6.45) is -0.250. The van der Waals surface area contributed by atoms with E-state index in [4.69, 9.17) is 4.74 Å². The molecule has 1 fully saturated rings. The first-order valence-corrected chi connectivity index (χ1v) is 10.7. The van der Waals surface area contributed by atoms with Gasteiger partial charge in [0, 0.05) is 6.42 Å². The van der Waals surface area contributed by atoms with E-state index in [9.17, 15) is 19.5 Å². The van der Waals surface area contributed by atoms with Gasteiger partial charge in [-0.3, -0.25) is 9.59 Å². The van der Waals surface area contributed by atoms with Crippen LogP contribution in [0.1, 0.15) is 52.5 Å². The molecule has 166 valence electrons. The van der Waals surface area contributed by atoms with Crippen LogP contribution in [0.4, 0.5) is 4.79 Å². The average molecular weight is 419 g/mol. The number of carbonyl (C=O) groups is 3. The van der Waals surface area contributed by atoms with Crippen LogP contribution in [0.5, 0.6) is 0 Å². The molecule has 0 aliphatic heterocycles. The SMILES string of the molecule is CC(C)C[C@H](NC(=O)OCc1ccccc1)C(=O)N[C@@H](CC(C)C)C(O)C1CC1=O. The Hall–Kier alpha value is -2.41. The molecule has 0 heterocycles. The van der Waals surface area contributed by atoms with E-state index in [1.165, 1.54) is 0 Å². The van der Waals surface area contributed by atoms with Crippen molar-refractivity contribution in [3.63, 3.8) is 0 Å². The van der Waals surface area contributed by atoms with Crippen molar-refractivity contribution in [1.29, 1.82) is 0 Å². The predicted molar refractivity (Wildman–Crippen MR) is 114 cm³/mol. The number of hydrogen-bond acceptors (Lipinski definition) is 5. The van der Waals surface area contributed by atoms with Crippen molar-refractivity contribution >= 4 is 17.8 Å². The molecular weight excluding hydrogens is 384 g/mol. The van der Waals surface area contributed by atoms with E-state index in [-0.39, 0.29) is 30.1 Å².